The summed E-state index contributed by atoms with van der Waals surface area (Å²) < 4.78 is 0. The van der Waals surface area contributed by atoms with Gasteiger partial charge in [0.05, 0.1) is 0 Å². The Kier molecular flexibility index (Phi) is 6.83. The van der Waals surface area contributed by atoms with Crippen LogP contribution in [0.4, 0.5) is 0 Å². The van der Waals surface area contributed by atoms with Crippen LogP contribution in [0.25, 0.3) is 0 Å². The molecule has 1 aromatic rings. The molecule has 1 saturated carbocycles. The first-order valence-corrected chi connectivity index (χ1v) is 8.71. The normalized spacial score (nSPS) is 22.0. The summed E-state index contributed by atoms with van der Waals surface area (Å²) in [5.41, 5.74) is 5.97. The highest BCUT2D eigenvalue weighted by Gasteiger charge is 2.47. The van der Waals surface area contributed by atoms with Gasteiger partial charge in [-0.3, -0.25) is 4.79 Å². The molecular formula is C17H27BN2O5. The molecule has 7 N–H and O–H groups in total. The van der Waals surface area contributed by atoms with E-state index in [1.54, 1.807) is 12.1 Å². The molecular weight excluding hydrogens is 323 g/mol. The van der Waals surface area contributed by atoms with Crippen molar-refractivity contribution in [3.63, 3.8) is 0 Å². The van der Waals surface area contributed by atoms with E-state index in [-0.39, 0.29) is 24.0 Å². The van der Waals surface area contributed by atoms with Crippen molar-refractivity contribution in [2.75, 3.05) is 0 Å². The summed E-state index contributed by atoms with van der Waals surface area (Å²) in [7, 11) is -1.35. The van der Waals surface area contributed by atoms with E-state index in [9.17, 15) is 15.0 Å². The number of phenolic OH excluding ortho intramolecular Hbond substituents is 1. The van der Waals surface area contributed by atoms with E-state index >= 15 is 0 Å². The molecule has 0 spiro atoms. The smallest absolute Gasteiger partial charge is 0.451 e. The van der Waals surface area contributed by atoms with Crippen molar-refractivity contribution in [1.29, 1.82) is 0 Å². The van der Waals surface area contributed by atoms with Gasteiger partial charge in [0, 0.05) is 12.6 Å². The summed E-state index contributed by atoms with van der Waals surface area (Å²) in [6.45, 7) is 0.663. The van der Waals surface area contributed by atoms with Crippen LogP contribution in [0, 0.1) is 5.92 Å². The molecule has 0 amide bonds. The monoisotopic (exact) mass is 350 g/mol. The summed E-state index contributed by atoms with van der Waals surface area (Å²) in [6.07, 6.45) is 3.09. The number of carboxylic acid groups (broad SMARTS) is 1. The van der Waals surface area contributed by atoms with Crippen LogP contribution in [0.1, 0.15) is 37.7 Å². The SMILES string of the molecule is NC(CCCCB(O)O)(C(=O)O)C1CC(NCc2ccc(O)cc2)C1. The van der Waals surface area contributed by atoms with Crippen molar-refractivity contribution in [1.82, 2.24) is 5.32 Å². The number of nitrogens with one attached hydrogen (secondary N) is 1. The van der Waals surface area contributed by atoms with Crippen LogP contribution in [0.3, 0.4) is 0 Å². The predicted molar refractivity (Wildman–Crippen MR) is 94.9 cm³/mol. The maximum absolute atomic E-state index is 11.6. The highest BCUT2D eigenvalue weighted by atomic mass is 16.4. The highest BCUT2D eigenvalue weighted by molar-refractivity contribution is 6.40. The quantitative estimate of drug-likeness (QED) is 0.270. The van der Waals surface area contributed by atoms with Gasteiger partial charge < -0.3 is 31.3 Å². The zero-order valence-electron chi connectivity index (χ0n) is 14.3. The van der Waals surface area contributed by atoms with Gasteiger partial charge in [0.2, 0.25) is 0 Å². The lowest BCUT2D eigenvalue weighted by Gasteiger charge is -2.45. The standard InChI is InChI=1S/C17H27BN2O5/c19-17(16(22)23,7-1-2-8-18(24)25)13-9-14(10-13)20-11-12-3-5-15(21)6-4-12/h3-6,13-14,20-21,24-25H,1-2,7-11,19H2,(H,22,23). The maximum atomic E-state index is 11.6. The number of hydrogen-bond acceptors (Lipinski definition) is 6. The number of phenols is 1. The molecule has 138 valence electrons. The van der Waals surface area contributed by atoms with Gasteiger partial charge >= 0.3 is 13.1 Å². The minimum Gasteiger partial charge on any atom is -0.508 e. The second-order valence-corrected chi connectivity index (χ2v) is 6.98. The summed E-state index contributed by atoms with van der Waals surface area (Å²) in [5, 5.41) is 39.9. The molecule has 1 unspecified atom stereocenters. The molecule has 0 saturated heterocycles. The van der Waals surface area contributed by atoms with Crippen molar-refractivity contribution < 1.29 is 25.1 Å². The van der Waals surface area contributed by atoms with E-state index in [2.05, 4.69) is 5.32 Å². The molecule has 0 bridgehead atoms. The van der Waals surface area contributed by atoms with E-state index in [4.69, 9.17) is 15.8 Å². The molecule has 0 aliphatic heterocycles. The molecule has 0 radical (unpaired) electrons. The average molecular weight is 350 g/mol. The van der Waals surface area contributed by atoms with Crippen LogP contribution >= 0.6 is 0 Å². The first-order chi connectivity index (χ1) is 11.8. The van der Waals surface area contributed by atoms with Gasteiger partial charge in [0.25, 0.3) is 0 Å². The summed E-state index contributed by atoms with van der Waals surface area (Å²) in [5.74, 6) is -0.837. The predicted octanol–water partition coefficient (Wildman–Crippen LogP) is 0.686. The van der Waals surface area contributed by atoms with Gasteiger partial charge in [-0.05, 0) is 49.2 Å². The van der Waals surface area contributed by atoms with Crippen LogP contribution in [-0.4, -0.2) is 44.9 Å². The molecule has 8 heteroatoms. The van der Waals surface area contributed by atoms with Gasteiger partial charge in [-0.15, -0.1) is 0 Å². The minimum atomic E-state index is -1.35. The lowest BCUT2D eigenvalue weighted by atomic mass is 9.66. The Morgan fingerprint density at radius 2 is 1.88 bits per heavy atom. The minimum absolute atomic E-state index is 0.0821. The second kappa shape index (κ2) is 8.67. The third-order valence-corrected chi connectivity index (χ3v) is 5.10. The molecule has 1 aliphatic rings. The molecule has 1 aromatic carbocycles. The molecule has 2 rings (SSSR count). The van der Waals surface area contributed by atoms with E-state index < -0.39 is 18.6 Å². The van der Waals surface area contributed by atoms with E-state index in [1.165, 1.54) is 0 Å². The Balaban J connectivity index is 1.76. The van der Waals surface area contributed by atoms with Gasteiger partial charge in [0.15, 0.2) is 0 Å². The lowest BCUT2D eigenvalue weighted by molar-refractivity contribution is -0.148. The Hall–Kier alpha value is -1.61. The van der Waals surface area contributed by atoms with Gasteiger partial charge in [-0.25, -0.2) is 0 Å². The number of carbonyl (C=O) groups is 1. The fourth-order valence-corrected chi connectivity index (χ4v) is 3.31. The van der Waals surface area contributed by atoms with Crippen molar-refractivity contribution >= 4 is 13.1 Å². The lowest BCUT2D eigenvalue weighted by Crippen LogP contribution is -2.61. The largest absolute Gasteiger partial charge is 0.508 e. The van der Waals surface area contributed by atoms with Crippen molar-refractivity contribution in [3.05, 3.63) is 29.8 Å². The van der Waals surface area contributed by atoms with Crippen LogP contribution in [-0.2, 0) is 11.3 Å². The molecule has 0 aromatic heterocycles. The van der Waals surface area contributed by atoms with Crippen molar-refractivity contribution in [3.8, 4) is 5.75 Å². The molecule has 25 heavy (non-hydrogen) atoms. The number of aliphatic carboxylic acids is 1. The van der Waals surface area contributed by atoms with Crippen molar-refractivity contribution in [2.45, 2.75) is 56.5 Å². The Bertz CT molecular complexity index is 563. The van der Waals surface area contributed by atoms with Crippen molar-refractivity contribution in [2.24, 2.45) is 11.7 Å². The topological polar surface area (TPSA) is 136 Å². The third-order valence-electron chi connectivity index (χ3n) is 5.10. The Labute approximate surface area is 148 Å². The molecule has 0 heterocycles. The van der Waals surface area contributed by atoms with Crippen LogP contribution in [0.5, 0.6) is 5.75 Å². The van der Waals surface area contributed by atoms with E-state index in [1.807, 2.05) is 12.1 Å². The first kappa shape index (κ1) is 19.7. The van der Waals surface area contributed by atoms with Gasteiger partial charge in [-0.1, -0.05) is 25.0 Å². The van der Waals surface area contributed by atoms with Gasteiger partial charge in [0.1, 0.15) is 11.3 Å². The summed E-state index contributed by atoms with van der Waals surface area (Å²) in [6, 6.07) is 7.20. The fraction of sp³-hybridized carbons (Fsp3) is 0.588. The van der Waals surface area contributed by atoms with Crippen LogP contribution < -0.4 is 11.1 Å². The molecule has 1 fully saturated rings. The van der Waals surface area contributed by atoms with Crippen LogP contribution in [0.2, 0.25) is 6.32 Å². The number of rotatable bonds is 10. The second-order valence-electron chi connectivity index (χ2n) is 6.98. The number of hydrogen-bond donors (Lipinski definition) is 6. The van der Waals surface area contributed by atoms with E-state index in [0.717, 1.165) is 5.56 Å². The van der Waals surface area contributed by atoms with Crippen LogP contribution in [0.15, 0.2) is 24.3 Å². The first-order valence-electron chi connectivity index (χ1n) is 8.71. The average Bonchev–Trinajstić information content (AvgIpc) is 2.51. The summed E-state index contributed by atoms with van der Waals surface area (Å²) >= 11 is 0. The molecule has 1 aliphatic carbocycles. The number of nitrogens with two attached hydrogens (primary N) is 1. The highest BCUT2D eigenvalue weighted by Crippen LogP contribution is 2.38. The number of carboxylic acids is 1. The molecule has 1 atom stereocenters. The molecule has 7 nitrogen and oxygen atoms in total. The fourth-order valence-electron chi connectivity index (χ4n) is 3.31. The number of aromatic hydroxyl groups is 1. The van der Waals surface area contributed by atoms with E-state index in [0.29, 0.717) is 38.6 Å². The Morgan fingerprint density at radius 1 is 1.24 bits per heavy atom. The maximum Gasteiger partial charge on any atom is 0.451 e. The van der Waals surface area contributed by atoms with Gasteiger partial charge in [-0.2, -0.15) is 0 Å². The number of unbranched alkanes of at least 4 members (excludes halogenated alkanes) is 1. The zero-order valence-corrected chi connectivity index (χ0v) is 14.3. The third kappa shape index (κ3) is 5.44. The summed E-state index contributed by atoms with van der Waals surface area (Å²) in [4.78, 5) is 11.6. The number of benzene rings is 1. The zero-order chi connectivity index (χ0) is 18.4. The Morgan fingerprint density at radius 3 is 2.44 bits per heavy atom.